The second-order valence-electron chi connectivity index (χ2n) is 4.20. The first-order valence-corrected chi connectivity index (χ1v) is 6.51. The van der Waals surface area contributed by atoms with Gasteiger partial charge >= 0.3 is 0 Å². The molecule has 1 aromatic heterocycles. The molecule has 1 unspecified atom stereocenters. The number of aryl methyl sites for hydroxylation is 2. The Labute approximate surface area is 117 Å². The standard InChI is InChI=1S/C13H15Cl2N3/c1-3-12-10(7-18(2)17-12)13(16)9-5-4-8(14)6-11(9)15/h4-7,13H,3,16H2,1-2H3. The fourth-order valence-corrected chi connectivity index (χ4v) is 2.53. The molecule has 0 radical (unpaired) electrons. The Morgan fingerprint density at radius 3 is 2.67 bits per heavy atom. The van der Waals surface area contributed by atoms with Gasteiger partial charge in [0.25, 0.3) is 0 Å². The number of nitrogens with two attached hydrogens (primary N) is 1. The van der Waals surface area contributed by atoms with Crippen LogP contribution in [0.2, 0.25) is 10.0 Å². The van der Waals surface area contributed by atoms with Gasteiger partial charge in [0.2, 0.25) is 0 Å². The van der Waals surface area contributed by atoms with Crippen LogP contribution in [0, 0.1) is 0 Å². The fourth-order valence-electron chi connectivity index (χ4n) is 2.01. The highest BCUT2D eigenvalue weighted by atomic mass is 35.5. The van der Waals surface area contributed by atoms with Crippen molar-refractivity contribution in [1.82, 2.24) is 9.78 Å². The van der Waals surface area contributed by atoms with E-state index in [9.17, 15) is 0 Å². The maximum Gasteiger partial charge on any atom is 0.0672 e. The first-order valence-electron chi connectivity index (χ1n) is 5.76. The van der Waals surface area contributed by atoms with Gasteiger partial charge in [0.05, 0.1) is 11.7 Å². The first-order chi connectivity index (χ1) is 8.52. The molecule has 1 heterocycles. The number of nitrogens with zero attached hydrogens (tertiary/aromatic N) is 2. The molecule has 2 rings (SSSR count). The van der Waals surface area contributed by atoms with E-state index in [4.69, 9.17) is 28.9 Å². The molecular formula is C13H15Cl2N3. The monoisotopic (exact) mass is 283 g/mol. The molecule has 96 valence electrons. The molecule has 0 saturated heterocycles. The molecule has 3 nitrogen and oxygen atoms in total. The van der Waals surface area contributed by atoms with E-state index in [0.29, 0.717) is 10.0 Å². The van der Waals surface area contributed by atoms with Gasteiger partial charge in [-0.1, -0.05) is 36.2 Å². The highest BCUT2D eigenvalue weighted by Crippen LogP contribution is 2.30. The van der Waals surface area contributed by atoms with Gasteiger partial charge < -0.3 is 5.73 Å². The quantitative estimate of drug-likeness (QED) is 0.939. The smallest absolute Gasteiger partial charge is 0.0672 e. The molecule has 0 aliphatic heterocycles. The van der Waals surface area contributed by atoms with Crippen LogP contribution in [-0.4, -0.2) is 9.78 Å². The van der Waals surface area contributed by atoms with E-state index in [1.54, 1.807) is 16.8 Å². The zero-order valence-corrected chi connectivity index (χ0v) is 11.8. The molecule has 2 aromatic rings. The summed E-state index contributed by atoms with van der Waals surface area (Å²) in [5.74, 6) is 0. The minimum Gasteiger partial charge on any atom is -0.320 e. The second kappa shape index (κ2) is 5.31. The lowest BCUT2D eigenvalue weighted by Gasteiger charge is -2.13. The topological polar surface area (TPSA) is 43.8 Å². The summed E-state index contributed by atoms with van der Waals surface area (Å²) in [6, 6.07) is 5.09. The Balaban J connectivity index is 2.43. The van der Waals surface area contributed by atoms with Crippen LogP contribution >= 0.6 is 23.2 Å². The third-order valence-electron chi connectivity index (χ3n) is 2.91. The van der Waals surface area contributed by atoms with E-state index in [1.165, 1.54) is 0 Å². The van der Waals surface area contributed by atoms with Gasteiger partial charge in [0, 0.05) is 28.9 Å². The van der Waals surface area contributed by atoms with Gasteiger partial charge in [-0.15, -0.1) is 0 Å². The first kappa shape index (κ1) is 13.4. The Hall–Kier alpha value is -1.03. The van der Waals surface area contributed by atoms with E-state index in [-0.39, 0.29) is 6.04 Å². The number of rotatable bonds is 3. The molecule has 0 bridgehead atoms. The Morgan fingerprint density at radius 2 is 2.06 bits per heavy atom. The largest absolute Gasteiger partial charge is 0.320 e. The van der Waals surface area contributed by atoms with Crippen molar-refractivity contribution in [3.8, 4) is 0 Å². The van der Waals surface area contributed by atoms with Gasteiger partial charge in [-0.2, -0.15) is 5.10 Å². The van der Waals surface area contributed by atoms with Crippen LogP contribution < -0.4 is 5.73 Å². The average Bonchev–Trinajstić information content (AvgIpc) is 2.69. The van der Waals surface area contributed by atoms with Crippen LogP contribution in [0.15, 0.2) is 24.4 Å². The molecular weight excluding hydrogens is 269 g/mol. The van der Waals surface area contributed by atoms with Crippen LogP contribution in [0.4, 0.5) is 0 Å². The van der Waals surface area contributed by atoms with Gasteiger partial charge in [-0.05, 0) is 24.1 Å². The van der Waals surface area contributed by atoms with Crippen molar-refractivity contribution in [2.45, 2.75) is 19.4 Å². The van der Waals surface area contributed by atoms with Crippen molar-refractivity contribution >= 4 is 23.2 Å². The van der Waals surface area contributed by atoms with Crippen LogP contribution in [0.1, 0.15) is 29.8 Å². The Kier molecular flexibility index (Phi) is 3.95. The second-order valence-corrected chi connectivity index (χ2v) is 5.05. The van der Waals surface area contributed by atoms with Gasteiger partial charge in [0.1, 0.15) is 0 Å². The molecule has 18 heavy (non-hydrogen) atoms. The van der Waals surface area contributed by atoms with Crippen molar-refractivity contribution in [2.75, 3.05) is 0 Å². The van der Waals surface area contributed by atoms with E-state index >= 15 is 0 Å². The normalized spacial score (nSPS) is 12.7. The summed E-state index contributed by atoms with van der Waals surface area (Å²) in [6.45, 7) is 2.06. The predicted molar refractivity (Wildman–Crippen MR) is 75.1 cm³/mol. The maximum atomic E-state index is 6.28. The van der Waals surface area contributed by atoms with E-state index in [0.717, 1.165) is 23.2 Å². The van der Waals surface area contributed by atoms with Crippen molar-refractivity contribution < 1.29 is 0 Å². The van der Waals surface area contributed by atoms with E-state index in [2.05, 4.69) is 12.0 Å². The van der Waals surface area contributed by atoms with Crippen LogP contribution in [0.5, 0.6) is 0 Å². The number of hydrogen-bond acceptors (Lipinski definition) is 2. The SMILES string of the molecule is CCc1nn(C)cc1C(N)c1ccc(Cl)cc1Cl. The van der Waals surface area contributed by atoms with Crippen LogP contribution in [-0.2, 0) is 13.5 Å². The zero-order chi connectivity index (χ0) is 13.3. The minimum absolute atomic E-state index is 0.279. The van der Waals surface area contributed by atoms with Crippen molar-refractivity contribution in [3.05, 3.63) is 51.3 Å². The molecule has 0 aliphatic carbocycles. The van der Waals surface area contributed by atoms with Crippen molar-refractivity contribution in [3.63, 3.8) is 0 Å². The molecule has 0 spiro atoms. The third-order valence-corrected chi connectivity index (χ3v) is 3.47. The molecule has 0 aliphatic rings. The number of benzene rings is 1. The van der Waals surface area contributed by atoms with Gasteiger partial charge in [0.15, 0.2) is 0 Å². The Morgan fingerprint density at radius 1 is 1.33 bits per heavy atom. The lowest BCUT2D eigenvalue weighted by Crippen LogP contribution is -2.13. The number of aromatic nitrogens is 2. The maximum absolute atomic E-state index is 6.28. The van der Waals surface area contributed by atoms with Crippen molar-refractivity contribution in [2.24, 2.45) is 12.8 Å². The summed E-state index contributed by atoms with van der Waals surface area (Å²) < 4.78 is 1.78. The van der Waals surface area contributed by atoms with E-state index in [1.807, 2.05) is 19.3 Å². The lowest BCUT2D eigenvalue weighted by molar-refractivity contribution is 0.746. The lowest BCUT2D eigenvalue weighted by atomic mass is 9.99. The molecule has 5 heteroatoms. The zero-order valence-electron chi connectivity index (χ0n) is 10.3. The molecule has 1 aromatic carbocycles. The summed E-state index contributed by atoms with van der Waals surface area (Å²) in [6.07, 6.45) is 2.78. The predicted octanol–water partition coefficient (Wildman–Crippen LogP) is 3.34. The molecule has 2 N–H and O–H groups in total. The summed E-state index contributed by atoms with van der Waals surface area (Å²) in [5.41, 5.74) is 9.14. The number of hydrogen-bond donors (Lipinski definition) is 1. The van der Waals surface area contributed by atoms with Crippen molar-refractivity contribution in [1.29, 1.82) is 0 Å². The molecule has 0 fully saturated rings. The summed E-state index contributed by atoms with van der Waals surface area (Å²) in [7, 11) is 1.89. The highest BCUT2D eigenvalue weighted by Gasteiger charge is 2.18. The summed E-state index contributed by atoms with van der Waals surface area (Å²) in [5, 5.41) is 5.58. The summed E-state index contributed by atoms with van der Waals surface area (Å²) in [4.78, 5) is 0. The molecule has 1 atom stereocenters. The third kappa shape index (κ3) is 2.53. The minimum atomic E-state index is -0.279. The van der Waals surface area contributed by atoms with Crippen LogP contribution in [0.3, 0.4) is 0 Å². The Bertz CT molecular complexity index is 563. The summed E-state index contributed by atoms with van der Waals surface area (Å²) >= 11 is 12.1. The molecule has 0 saturated carbocycles. The average molecular weight is 284 g/mol. The van der Waals surface area contributed by atoms with E-state index < -0.39 is 0 Å². The number of halogens is 2. The highest BCUT2D eigenvalue weighted by molar-refractivity contribution is 6.35. The molecule has 0 amide bonds. The van der Waals surface area contributed by atoms with Crippen LogP contribution in [0.25, 0.3) is 0 Å². The fraction of sp³-hybridized carbons (Fsp3) is 0.308. The van der Waals surface area contributed by atoms with Gasteiger partial charge in [-0.3, -0.25) is 4.68 Å². The van der Waals surface area contributed by atoms with Gasteiger partial charge in [-0.25, -0.2) is 0 Å².